The molecular formula is C21H26N4O3. The molecule has 1 aliphatic heterocycles. The Kier molecular flexibility index (Phi) is 4.71. The van der Waals surface area contributed by atoms with Crippen molar-refractivity contribution in [3.8, 4) is 5.69 Å². The molecule has 1 saturated carbocycles. The SMILES string of the molecule is Cc1ccc(-n2nc(C)cc2NC(=O)CN2C[C@@H]3CCC[C@@]3(C(=O)O)C2)cc1. The molecule has 0 radical (unpaired) electrons. The van der Waals surface area contributed by atoms with Crippen LogP contribution in [-0.2, 0) is 9.59 Å². The van der Waals surface area contributed by atoms with Crippen molar-refractivity contribution >= 4 is 17.7 Å². The number of hydrogen-bond acceptors (Lipinski definition) is 4. The summed E-state index contributed by atoms with van der Waals surface area (Å²) in [6.45, 7) is 5.24. The summed E-state index contributed by atoms with van der Waals surface area (Å²) in [6, 6.07) is 9.79. The highest BCUT2D eigenvalue weighted by atomic mass is 16.4. The first-order chi connectivity index (χ1) is 13.4. The van der Waals surface area contributed by atoms with E-state index in [9.17, 15) is 14.7 Å². The van der Waals surface area contributed by atoms with Crippen LogP contribution in [0.5, 0.6) is 0 Å². The zero-order chi connectivity index (χ0) is 19.9. The van der Waals surface area contributed by atoms with Gasteiger partial charge < -0.3 is 10.4 Å². The minimum atomic E-state index is -0.717. The van der Waals surface area contributed by atoms with Crippen molar-refractivity contribution in [1.82, 2.24) is 14.7 Å². The van der Waals surface area contributed by atoms with Crippen LogP contribution in [0.25, 0.3) is 5.69 Å². The molecule has 2 heterocycles. The zero-order valence-electron chi connectivity index (χ0n) is 16.3. The first-order valence-corrected chi connectivity index (χ1v) is 9.77. The molecule has 1 aliphatic carbocycles. The Hall–Kier alpha value is -2.67. The average molecular weight is 382 g/mol. The van der Waals surface area contributed by atoms with Gasteiger partial charge in [-0.25, -0.2) is 4.68 Å². The topological polar surface area (TPSA) is 87.5 Å². The van der Waals surface area contributed by atoms with Gasteiger partial charge in [0.05, 0.1) is 23.3 Å². The maximum Gasteiger partial charge on any atom is 0.311 e. The maximum absolute atomic E-state index is 12.7. The lowest BCUT2D eigenvalue weighted by molar-refractivity contribution is -0.149. The van der Waals surface area contributed by atoms with Gasteiger partial charge in [0, 0.05) is 19.2 Å². The number of benzene rings is 1. The number of nitrogens with zero attached hydrogens (tertiary/aromatic N) is 3. The van der Waals surface area contributed by atoms with Crippen LogP contribution in [0.2, 0.25) is 0 Å². The summed E-state index contributed by atoms with van der Waals surface area (Å²) in [5.41, 5.74) is 2.19. The predicted octanol–water partition coefficient (Wildman–Crippen LogP) is 2.61. The van der Waals surface area contributed by atoms with Gasteiger partial charge in [0.15, 0.2) is 0 Å². The summed E-state index contributed by atoms with van der Waals surface area (Å²) < 4.78 is 1.73. The Morgan fingerprint density at radius 1 is 1.29 bits per heavy atom. The molecule has 7 nitrogen and oxygen atoms in total. The summed E-state index contributed by atoms with van der Waals surface area (Å²) in [6.07, 6.45) is 2.61. The number of fused-ring (bicyclic) bond motifs is 1. The highest BCUT2D eigenvalue weighted by Crippen LogP contribution is 2.48. The normalized spacial score (nSPS) is 24.3. The van der Waals surface area contributed by atoms with Crippen LogP contribution >= 0.6 is 0 Å². The van der Waals surface area contributed by atoms with Crippen LogP contribution in [-0.4, -0.2) is 51.3 Å². The molecule has 2 aromatic rings. The highest BCUT2D eigenvalue weighted by Gasteiger charge is 2.54. The number of aliphatic carboxylic acids is 1. The summed E-state index contributed by atoms with van der Waals surface area (Å²) in [5, 5.41) is 17.1. The molecule has 2 N–H and O–H groups in total. The first-order valence-electron chi connectivity index (χ1n) is 9.77. The monoisotopic (exact) mass is 382 g/mol. The summed E-state index contributed by atoms with van der Waals surface area (Å²) in [5.74, 6) is -0.0865. The fourth-order valence-electron chi connectivity index (χ4n) is 4.72. The second kappa shape index (κ2) is 7.05. The van der Waals surface area contributed by atoms with Gasteiger partial charge in [0.25, 0.3) is 0 Å². The number of aryl methyl sites for hydroxylation is 2. The lowest BCUT2D eigenvalue weighted by Crippen LogP contribution is -2.37. The quantitative estimate of drug-likeness (QED) is 0.830. The lowest BCUT2D eigenvalue weighted by Gasteiger charge is -2.23. The number of anilines is 1. The van der Waals surface area contributed by atoms with Crippen molar-refractivity contribution in [3.63, 3.8) is 0 Å². The number of aromatic nitrogens is 2. The fourth-order valence-corrected chi connectivity index (χ4v) is 4.72. The minimum absolute atomic E-state index is 0.145. The van der Waals surface area contributed by atoms with E-state index in [0.29, 0.717) is 25.3 Å². The van der Waals surface area contributed by atoms with Crippen LogP contribution in [0.15, 0.2) is 30.3 Å². The van der Waals surface area contributed by atoms with Crippen LogP contribution in [0.1, 0.15) is 30.5 Å². The molecule has 2 aliphatic rings. The molecule has 7 heteroatoms. The number of rotatable bonds is 5. The van der Waals surface area contributed by atoms with E-state index in [4.69, 9.17) is 0 Å². The van der Waals surface area contributed by atoms with Crippen LogP contribution in [0.3, 0.4) is 0 Å². The number of likely N-dealkylation sites (tertiary alicyclic amines) is 1. The van der Waals surface area contributed by atoms with Gasteiger partial charge >= 0.3 is 5.97 Å². The third-order valence-electron chi connectivity index (χ3n) is 6.11. The Morgan fingerprint density at radius 2 is 2.04 bits per heavy atom. The van der Waals surface area contributed by atoms with Crippen molar-refractivity contribution in [2.45, 2.75) is 33.1 Å². The largest absolute Gasteiger partial charge is 0.481 e. The molecule has 0 bridgehead atoms. The molecule has 148 valence electrons. The summed E-state index contributed by atoms with van der Waals surface area (Å²) in [4.78, 5) is 26.5. The van der Waals surface area contributed by atoms with E-state index in [2.05, 4.69) is 10.4 Å². The van der Waals surface area contributed by atoms with Crippen LogP contribution in [0, 0.1) is 25.2 Å². The molecule has 4 rings (SSSR count). The lowest BCUT2D eigenvalue weighted by atomic mass is 9.81. The predicted molar refractivity (Wildman–Crippen MR) is 106 cm³/mol. The van der Waals surface area contributed by atoms with Crippen molar-refractivity contribution < 1.29 is 14.7 Å². The number of carbonyl (C=O) groups is 2. The molecule has 28 heavy (non-hydrogen) atoms. The molecule has 2 atom stereocenters. The van der Waals surface area contributed by atoms with E-state index in [1.54, 1.807) is 4.68 Å². The van der Waals surface area contributed by atoms with Gasteiger partial charge in [0.2, 0.25) is 5.91 Å². The molecule has 0 spiro atoms. The van der Waals surface area contributed by atoms with Gasteiger partial charge in [-0.1, -0.05) is 24.1 Å². The molecule has 1 saturated heterocycles. The van der Waals surface area contributed by atoms with Gasteiger partial charge in [0.1, 0.15) is 5.82 Å². The average Bonchev–Trinajstić information content (AvgIpc) is 3.28. The van der Waals surface area contributed by atoms with E-state index in [0.717, 1.165) is 29.8 Å². The van der Waals surface area contributed by atoms with Crippen molar-refractivity contribution in [2.24, 2.45) is 11.3 Å². The second-order valence-corrected chi connectivity index (χ2v) is 8.19. The van der Waals surface area contributed by atoms with Gasteiger partial charge in [-0.2, -0.15) is 5.10 Å². The van der Waals surface area contributed by atoms with Gasteiger partial charge in [-0.15, -0.1) is 0 Å². The van der Waals surface area contributed by atoms with Crippen LogP contribution < -0.4 is 5.32 Å². The zero-order valence-corrected chi connectivity index (χ0v) is 16.3. The van der Waals surface area contributed by atoms with E-state index in [1.165, 1.54) is 0 Å². The second-order valence-electron chi connectivity index (χ2n) is 8.19. The Morgan fingerprint density at radius 3 is 2.71 bits per heavy atom. The standard InChI is InChI=1S/C21H26N4O3/c1-14-5-7-17(8-6-14)25-18(10-15(2)23-25)22-19(26)12-24-11-16-4-3-9-21(16,13-24)20(27)28/h5-8,10,16H,3-4,9,11-13H2,1-2H3,(H,22,26)(H,27,28)/t16-,21+/m0/s1. The number of nitrogens with one attached hydrogen (secondary N) is 1. The third-order valence-corrected chi connectivity index (χ3v) is 6.11. The molecular weight excluding hydrogens is 356 g/mol. The number of carboxylic acids is 1. The Balaban J connectivity index is 1.45. The van der Waals surface area contributed by atoms with Gasteiger partial charge in [-0.05, 0) is 44.7 Å². The van der Waals surface area contributed by atoms with Crippen molar-refractivity contribution in [1.29, 1.82) is 0 Å². The highest BCUT2D eigenvalue weighted by molar-refractivity contribution is 5.92. The maximum atomic E-state index is 12.7. The van der Waals surface area contributed by atoms with Crippen LogP contribution in [0.4, 0.5) is 5.82 Å². The molecule has 2 fully saturated rings. The first kappa shape index (κ1) is 18.7. The summed E-state index contributed by atoms with van der Waals surface area (Å²) >= 11 is 0. The number of carbonyl (C=O) groups excluding carboxylic acids is 1. The smallest absolute Gasteiger partial charge is 0.311 e. The molecule has 0 unspecified atom stereocenters. The summed E-state index contributed by atoms with van der Waals surface area (Å²) in [7, 11) is 0. The fraction of sp³-hybridized carbons (Fsp3) is 0.476. The van der Waals surface area contributed by atoms with E-state index < -0.39 is 11.4 Å². The van der Waals surface area contributed by atoms with E-state index >= 15 is 0 Å². The van der Waals surface area contributed by atoms with Gasteiger partial charge in [-0.3, -0.25) is 14.5 Å². The minimum Gasteiger partial charge on any atom is -0.481 e. The third kappa shape index (κ3) is 3.30. The van der Waals surface area contributed by atoms with E-state index in [1.807, 2.05) is 49.1 Å². The Labute approximate surface area is 164 Å². The van der Waals surface area contributed by atoms with Crippen molar-refractivity contribution in [3.05, 3.63) is 41.6 Å². The Bertz CT molecular complexity index is 905. The van der Waals surface area contributed by atoms with E-state index in [-0.39, 0.29) is 18.4 Å². The number of amides is 1. The van der Waals surface area contributed by atoms with Crippen molar-refractivity contribution in [2.75, 3.05) is 25.0 Å². The molecule has 1 amide bonds. The number of carboxylic acid groups (broad SMARTS) is 1. The molecule has 1 aromatic carbocycles. The molecule has 1 aromatic heterocycles. The number of hydrogen-bond donors (Lipinski definition) is 2.